The third-order valence-electron chi connectivity index (χ3n) is 12.5. The van der Waals surface area contributed by atoms with Crippen molar-refractivity contribution < 1.29 is 52.2 Å². The van der Waals surface area contributed by atoms with Crippen molar-refractivity contribution in [2.24, 2.45) is 0 Å². The van der Waals surface area contributed by atoms with Crippen LogP contribution in [0.25, 0.3) is 0 Å². The number of aliphatic hydroxyl groups is 1. The summed E-state index contributed by atoms with van der Waals surface area (Å²) in [6.07, 6.45) is 67.8. The van der Waals surface area contributed by atoms with Gasteiger partial charge in [0.1, 0.15) is 12.7 Å². The first-order valence-corrected chi connectivity index (χ1v) is 31.6. The normalized spacial score (nSPS) is 14.0. The summed E-state index contributed by atoms with van der Waals surface area (Å²) in [5.41, 5.74) is 0. The molecule has 0 fully saturated rings. The minimum Gasteiger partial charge on any atom is -0.462 e. The molecular formula is C64H109O11P. The average molecular weight is 1090 g/mol. The van der Waals surface area contributed by atoms with Crippen LogP contribution in [0.2, 0.25) is 0 Å². The van der Waals surface area contributed by atoms with Gasteiger partial charge in [-0.1, -0.05) is 208 Å². The van der Waals surface area contributed by atoms with E-state index < -0.39 is 57.8 Å². The Balaban J connectivity index is 4.78. The fraction of sp³-hybridized carbons (Fsp3) is 0.703. The second-order valence-corrected chi connectivity index (χ2v) is 21.2. The number of unbranched alkanes of at least 4 members (excludes halogenated alkanes) is 22. The molecule has 0 radical (unpaired) electrons. The van der Waals surface area contributed by atoms with Crippen molar-refractivity contribution >= 4 is 25.7 Å². The quantitative estimate of drug-likeness (QED) is 0.0197. The van der Waals surface area contributed by atoms with Gasteiger partial charge in [0.25, 0.3) is 0 Å². The number of phosphoric ester groups is 1. The summed E-state index contributed by atoms with van der Waals surface area (Å²) < 4.78 is 39.6. The summed E-state index contributed by atoms with van der Waals surface area (Å²) in [6, 6.07) is 0. The van der Waals surface area contributed by atoms with Crippen LogP contribution in [0.3, 0.4) is 0 Å². The third kappa shape index (κ3) is 55.2. The summed E-state index contributed by atoms with van der Waals surface area (Å²) >= 11 is 0. The first kappa shape index (κ1) is 72.4. The van der Waals surface area contributed by atoms with E-state index in [1.54, 1.807) is 0 Å². The predicted octanol–water partition coefficient (Wildman–Crippen LogP) is 18.0. The van der Waals surface area contributed by atoms with Crippen LogP contribution in [0.5, 0.6) is 0 Å². The molecule has 0 saturated heterocycles. The molecule has 76 heavy (non-hydrogen) atoms. The van der Waals surface area contributed by atoms with Crippen molar-refractivity contribution in [1.29, 1.82) is 0 Å². The van der Waals surface area contributed by atoms with Gasteiger partial charge in [-0.2, -0.15) is 0 Å². The molecule has 0 aromatic heterocycles. The topological polar surface area (TPSA) is 155 Å². The second-order valence-electron chi connectivity index (χ2n) is 19.8. The third-order valence-corrected chi connectivity index (χ3v) is 13.4. The van der Waals surface area contributed by atoms with Gasteiger partial charge in [0, 0.05) is 19.3 Å². The average Bonchev–Trinajstić information content (AvgIpc) is 3.41. The first-order chi connectivity index (χ1) is 37.2. The highest BCUT2D eigenvalue weighted by molar-refractivity contribution is 7.47. The summed E-state index contributed by atoms with van der Waals surface area (Å²) in [5.74, 6) is -1.52. The second kappa shape index (κ2) is 57.6. The highest BCUT2D eigenvalue weighted by Crippen LogP contribution is 2.43. The maximum atomic E-state index is 12.9. The van der Waals surface area contributed by atoms with Crippen molar-refractivity contribution in [3.05, 3.63) is 97.2 Å². The van der Waals surface area contributed by atoms with Gasteiger partial charge in [-0.05, 0) is 122 Å². The van der Waals surface area contributed by atoms with Crippen molar-refractivity contribution in [2.45, 2.75) is 264 Å². The van der Waals surface area contributed by atoms with E-state index in [0.717, 1.165) is 148 Å². The smallest absolute Gasteiger partial charge is 0.462 e. The molecule has 0 bridgehead atoms. The molecule has 2 N–H and O–H groups in total. The summed E-state index contributed by atoms with van der Waals surface area (Å²) in [4.78, 5) is 48.6. The summed E-state index contributed by atoms with van der Waals surface area (Å²) in [5, 5.41) is 9.83. The number of carbonyl (C=O) groups is 3. The molecular weight excluding hydrogens is 976 g/mol. The fourth-order valence-corrected chi connectivity index (χ4v) is 8.66. The number of aliphatic hydroxyl groups excluding tert-OH is 1. The molecule has 3 atom stereocenters. The van der Waals surface area contributed by atoms with Crippen LogP contribution in [0.15, 0.2) is 97.2 Å². The first-order valence-electron chi connectivity index (χ1n) is 30.1. The number of ether oxygens (including phenoxy) is 3. The molecule has 0 aromatic carbocycles. The molecule has 0 heterocycles. The predicted molar refractivity (Wildman–Crippen MR) is 316 cm³/mol. The zero-order chi connectivity index (χ0) is 55.5. The molecule has 436 valence electrons. The standard InChI is InChI=1S/C64H109O11P/c1-4-7-10-13-16-19-22-25-28-29-30-31-34-37-40-43-46-49-52-55-64(68)75-61(57-71-62(66)53-50-47-44-41-38-35-32-26-23-20-17-14-11-8-5-2)59-73-76(69,70)72-58-60(56-65)74-63(67)54-51-48-45-42-39-36-33-27-24-21-18-15-12-9-6-3/h8,11,16-21,25-28,30-33,60-61,65H,4-7,9-10,12-15,22-24,29,34-59H2,1-3H3,(H,69,70)/b11-8-,19-16-,20-17-,21-18-,28-25-,31-30-,32-26-,33-27-. The molecule has 0 saturated carbocycles. The van der Waals surface area contributed by atoms with E-state index in [2.05, 4.69) is 118 Å². The van der Waals surface area contributed by atoms with Crippen molar-refractivity contribution in [3.63, 3.8) is 0 Å². The van der Waals surface area contributed by atoms with Crippen LogP contribution >= 0.6 is 7.82 Å². The van der Waals surface area contributed by atoms with Gasteiger partial charge in [0.15, 0.2) is 6.10 Å². The number of hydrogen-bond acceptors (Lipinski definition) is 10. The molecule has 0 aliphatic heterocycles. The van der Waals surface area contributed by atoms with E-state index in [1.807, 2.05) is 0 Å². The van der Waals surface area contributed by atoms with Gasteiger partial charge in [0.2, 0.25) is 0 Å². The largest absolute Gasteiger partial charge is 0.472 e. The molecule has 0 aromatic rings. The lowest BCUT2D eigenvalue weighted by Gasteiger charge is -2.21. The molecule has 0 aliphatic carbocycles. The Bertz CT molecular complexity index is 1640. The molecule has 0 aliphatic rings. The van der Waals surface area contributed by atoms with Crippen LogP contribution in [-0.4, -0.2) is 66.5 Å². The molecule has 12 heteroatoms. The number of phosphoric acid groups is 1. The van der Waals surface area contributed by atoms with Crippen molar-refractivity contribution in [1.82, 2.24) is 0 Å². The van der Waals surface area contributed by atoms with Gasteiger partial charge >= 0.3 is 25.7 Å². The highest BCUT2D eigenvalue weighted by Gasteiger charge is 2.28. The molecule has 0 spiro atoms. The maximum absolute atomic E-state index is 12.9. The van der Waals surface area contributed by atoms with Gasteiger partial charge in [-0.25, -0.2) is 4.57 Å². The minimum atomic E-state index is -4.77. The lowest BCUT2D eigenvalue weighted by atomic mass is 10.1. The van der Waals surface area contributed by atoms with Crippen LogP contribution in [0, 0.1) is 0 Å². The van der Waals surface area contributed by atoms with E-state index in [1.165, 1.54) is 44.9 Å². The Morgan fingerprint density at radius 1 is 0.382 bits per heavy atom. The fourth-order valence-electron chi connectivity index (χ4n) is 7.88. The Morgan fingerprint density at radius 2 is 0.684 bits per heavy atom. The molecule has 11 nitrogen and oxygen atoms in total. The molecule has 0 amide bonds. The zero-order valence-electron chi connectivity index (χ0n) is 48.2. The molecule has 0 rings (SSSR count). The van der Waals surface area contributed by atoms with Gasteiger partial charge in [-0.15, -0.1) is 0 Å². The van der Waals surface area contributed by atoms with Crippen molar-refractivity contribution in [3.8, 4) is 0 Å². The molecule has 3 unspecified atom stereocenters. The maximum Gasteiger partial charge on any atom is 0.472 e. The highest BCUT2D eigenvalue weighted by atomic mass is 31.2. The van der Waals surface area contributed by atoms with Crippen LogP contribution in [-0.2, 0) is 42.2 Å². The van der Waals surface area contributed by atoms with Crippen LogP contribution in [0.1, 0.15) is 252 Å². The van der Waals surface area contributed by atoms with Crippen LogP contribution < -0.4 is 0 Å². The monoisotopic (exact) mass is 1080 g/mol. The SMILES string of the molecule is CC/C=C\C/C=C\C/C=C\CCCCCCCC(=O)OCC(COP(=O)(O)OCC(CO)OC(=O)CCCCCCC/C=C\C/C=C\CCCCC)OC(=O)CCCCCCCC/C=C\C/C=C\C/C=C\CCCCC. The van der Waals surface area contributed by atoms with Gasteiger partial charge in [0.05, 0.1) is 19.8 Å². The number of hydrogen-bond donors (Lipinski definition) is 2. The van der Waals surface area contributed by atoms with E-state index in [9.17, 15) is 28.9 Å². The lowest BCUT2D eigenvalue weighted by Crippen LogP contribution is -2.30. The Kier molecular flexibility index (Phi) is 54.8. The zero-order valence-corrected chi connectivity index (χ0v) is 49.1. The van der Waals surface area contributed by atoms with E-state index in [0.29, 0.717) is 19.3 Å². The van der Waals surface area contributed by atoms with E-state index in [-0.39, 0.29) is 25.9 Å². The summed E-state index contributed by atoms with van der Waals surface area (Å²) in [7, 11) is -4.77. The van der Waals surface area contributed by atoms with Crippen LogP contribution in [0.4, 0.5) is 0 Å². The lowest BCUT2D eigenvalue weighted by molar-refractivity contribution is -0.161. The Hall–Kier alpha value is -3.60. The van der Waals surface area contributed by atoms with Gasteiger partial charge < -0.3 is 24.2 Å². The van der Waals surface area contributed by atoms with E-state index >= 15 is 0 Å². The summed E-state index contributed by atoms with van der Waals surface area (Å²) in [6.45, 7) is 4.44. The number of rotatable bonds is 55. The Morgan fingerprint density at radius 3 is 1.05 bits per heavy atom. The van der Waals surface area contributed by atoms with Crippen molar-refractivity contribution in [2.75, 3.05) is 26.4 Å². The minimum absolute atomic E-state index is 0.144. The van der Waals surface area contributed by atoms with E-state index in [4.69, 9.17) is 23.3 Å². The number of allylic oxidation sites excluding steroid dienone is 16. The number of carbonyl (C=O) groups excluding carboxylic acids is 3. The number of esters is 3. The van der Waals surface area contributed by atoms with Gasteiger partial charge in [-0.3, -0.25) is 23.4 Å². The Labute approximate surface area is 463 Å².